The number of alkyl halides is 1. The van der Waals surface area contributed by atoms with Crippen molar-refractivity contribution in [1.29, 1.82) is 0 Å². The smallest absolute Gasteiger partial charge is 0.206 e. The summed E-state index contributed by atoms with van der Waals surface area (Å²) in [5, 5.41) is 2.74. The Hall–Kier alpha value is 0.570. The standard InChI is InChI=1S/C11H15Br2NO2S2/c12-6-1-3-9-4-2-7-14(9)18(15,16)11-10(13)5-8-17-11/h5,8-9H,1-4,6-7H2. The Morgan fingerprint density at radius 3 is 2.89 bits per heavy atom. The first-order chi connectivity index (χ1) is 8.57. The minimum atomic E-state index is -3.32. The Morgan fingerprint density at radius 1 is 1.50 bits per heavy atom. The normalized spacial score (nSPS) is 21.6. The van der Waals surface area contributed by atoms with Crippen molar-refractivity contribution in [1.82, 2.24) is 4.31 Å². The van der Waals surface area contributed by atoms with Gasteiger partial charge in [0.2, 0.25) is 0 Å². The predicted octanol–water partition coefficient (Wildman–Crippen LogP) is 3.84. The van der Waals surface area contributed by atoms with Gasteiger partial charge in [-0.1, -0.05) is 15.9 Å². The fourth-order valence-corrected chi connectivity index (χ4v) is 6.77. The number of thiophene rings is 1. The maximum Gasteiger partial charge on any atom is 0.253 e. The summed E-state index contributed by atoms with van der Waals surface area (Å²) in [5.74, 6) is 0. The molecule has 18 heavy (non-hydrogen) atoms. The molecule has 2 heterocycles. The van der Waals surface area contributed by atoms with E-state index >= 15 is 0 Å². The van der Waals surface area contributed by atoms with Crippen molar-refractivity contribution in [3.8, 4) is 0 Å². The predicted molar refractivity (Wildman–Crippen MR) is 82.0 cm³/mol. The third kappa shape index (κ3) is 3.00. The summed E-state index contributed by atoms with van der Waals surface area (Å²) in [7, 11) is -3.32. The van der Waals surface area contributed by atoms with Gasteiger partial charge in [0.05, 0.1) is 0 Å². The zero-order valence-corrected chi connectivity index (χ0v) is 14.6. The molecule has 1 saturated heterocycles. The molecule has 0 amide bonds. The van der Waals surface area contributed by atoms with Gasteiger partial charge in [-0.3, -0.25) is 0 Å². The molecule has 1 fully saturated rings. The lowest BCUT2D eigenvalue weighted by Crippen LogP contribution is -2.35. The van der Waals surface area contributed by atoms with Crippen LogP contribution in [0.2, 0.25) is 0 Å². The Kier molecular flexibility index (Phi) is 5.28. The van der Waals surface area contributed by atoms with Crippen molar-refractivity contribution < 1.29 is 8.42 Å². The molecule has 0 radical (unpaired) electrons. The van der Waals surface area contributed by atoms with Gasteiger partial charge < -0.3 is 0 Å². The van der Waals surface area contributed by atoms with E-state index in [1.54, 1.807) is 15.8 Å². The largest absolute Gasteiger partial charge is 0.253 e. The topological polar surface area (TPSA) is 37.4 Å². The molecule has 1 atom stereocenters. The average Bonchev–Trinajstić information content (AvgIpc) is 2.94. The molecule has 0 N–H and O–H groups in total. The molecule has 0 aliphatic carbocycles. The molecule has 1 aliphatic rings. The number of sulfonamides is 1. The molecule has 1 unspecified atom stereocenters. The van der Waals surface area contributed by atoms with Crippen LogP contribution in [0.5, 0.6) is 0 Å². The first-order valence-electron chi connectivity index (χ1n) is 5.88. The summed E-state index contributed by atoms with van der Waals surface area (Å²) in [6, 6.07) is 1.96. The number of halogens is 2. The molecule has 1 aromatic heterocycles. The number of rotatable bonds is 5. The number of nitrogens with zero attached hydrogens (tertiary/aromatic N) is 1. The van der Waals surface area contributed by atoms with Gasteiger partial charge in [0, 0.05) is 22.4 Å². The highest BCUT2D eigenvalue weighted by molar-refractivity contribution is 9.10. The van der Waals surface area contributed by atoms with Gasteiger partial charge >= 0.3 is 0 Å². The van der Waals surface area contributed by atoms with Crippen LogP contribution in [0.1, 0.15) is 25.7 Å². The third-order valence-electron chi connectivity index (χ3n) is 3.12. The highest BCUT2D eigenvalue weighted by Crippen LogP contribution is 2.35. The lowest BCUT2D eigenvalue weighted by atomic mass is 10.1. The molecule has 102 valence electrons. The first-order valence-corrected chi connectivity index (χ1v) is 10.1. The Labute approximate surface area is 129 Å². The van der Waals surface area contributed by atoms with Gasteiger partial charge in [-0.25, -0.2) is 8.42 Å². The van der Waals surface area contributed by atoms with E-state index in [4.69, 9.17) is 0 Å². The molecule has 2 rings (SSSR count). The van der Waals surface area contributed by atoms with Gasteiger partial charge in [0.15, 0.2) is 0 Å². The van der Waals surface area contributed by atoms with E-state index in [-0.39, 0.29) is 6.04 Å². The van der Waals surface area contributed by atoms with Crippen LogP contribution < -0.4 is 0 Å². The van der Waals surface area contributed by atoms with Crippen LogP contribution in [0.25, 0.3) is 0 Å². The van der Waals surface area contributed by atoms with Gasteiger partial charge in [-0.2, -0.15) is 4.31 Å². The molecular weight excluding hydrogens is 402 g/mol. The van der Waals surface area contributed by atoms with Crippen LogP contribution in [0, 0.1) is 0 Å². The summed E-state index contributed by atoms with van der Waals surface area (Å²) in [6.07, 6.45) is 3.90. The fraction of sp³-hybridized carbons (Fsp3) is 0.636. The van der Waals surface area contributed by atoms with Gasteiger partial charge in [-0.05, 0) is 53.1 Å². The van der Waals surface area contributed by atoms with Crippen molar-refractivity contribution in [3.05, 3.63) is 15.9 Å². The van der Waals surface area contributed by atoms with Crippen molar-refractivity contribution >= 4 is 53.2 Å². The van der Waals surface area contributed by atoms with Crippen molar-refractivity contribution in [2.24, 2.45) is 0 Å². The summed E-state index contributed by atoms with van der Waals surface area (Å²) in [4.78, 5) is 0. The molecule has 0 saturated carbocycles. The minimum absolute atomic E-state index is 0.168. The summed E-state index contributed by atoms with van der Waals surface area (Å²) in [6.45, 7) is 0.652. The molecule has 1 aliphatic heterocycles. The highest BCUT2D eigenvalue weighted by Gasteiger charge is 2.36. The summed E-state index contributed by atoms with van der Waals surface area (Å²) in [5.41, 5.74) is 0. The van der Waals surface area contributed by atoms with Crippen LogP contribution >= 0.6 is 43.2 Å². The Balaban J connectivity index is 2.22. The second kappa shape index (κ2) is 6.35. The van der Waals surface area contributed by atoms with Crippen LogP contribution in [0.3, 0.4) is 0 Å². The number of hydrogen-bond acceptors (Lipinski definition) is 3. The van der Waals surface area contributed by atoms with E-state index in [2.05, 4.69) is 31.9 Å². The Morgan fingerprint density at radius 2 is 2.28 bits per heavy atom. The average molecular weight is 417 g/mol. The van der Waals surface area contributed by atoms with Crippen LogP contribution in [-0.4, -0.2) is 30.6 Å². The molecule has 0 spiro atoms. The maximum atomic E-state index is 12.6. The molecule has 7 heteroatoms. The molecule has 0 aromatic carbocycles. The van der Waals surface area contributed by atoms with Gasteiger partial charge in [0.25, 0.3) is 10.0 Å². The van der Waals surface area contributed by atoms with Crippen molar-refractivity contribution in [2.75, 3.05) is 11.9 Å². The van der Waals surface area contributed by atoms with Crippen LogP contribution in [0.15, 0.2) is 20.1 Å². The second-order valence-electron chi connectivity index (χ2n) is 4.30. The third-order valence-corrected chi connectivity index (χ3v) is 8.28. The van der Waals surface area contributed by atoms with E-state index in [0.29, 0.717) is 15.2 Å². The second-order valence-corrected chi connectivity index (χ2v) is 8.95. The summed E-state index contributed by atoms with van der Waals surface area (Å²) >= 11 is 8.01. The van der Waals surface area contributed by atoms with Crippen LogP contribution in [0.4, 0.5) is 0 Å². The molecule has 0 bridgehead atoms. The van der Waals surface area contributed by atoms with Crippen molar-refractivity contribution in [2.45, 2.75) is 35.9 Å². The highest BCUT2D eigenvalue weighted by atomic mass is 79.9. The van der Waals surface area contributed by atoms with Crippen molar-refractivity contribution in [3.63, 3.8) is 0 Å². The number of hydrogen-bond donors (Lipinski definition) is 0. The molecular formula is C11H15Br2NO2S2. The summed E-state index contributed by atoms with van der Waals surface area (Å²) < 4.78 is 28.0. The van der Waals surface area contributed by atoms with Gasteiger partial charge in [0.1, 0.15) is 4.21 Å². The molecule has 1 aromatic rings. The van der Waals surface area contributed by atoms with E-state index < -0.39 is 10.0 Å². The maximum absolute atomic E-state index is 12.6. The zero-order valence-electron chi connectivity index (χ0n) is 9.81. The first kappa shape index (κ1) is 15.0. The minimum Gasteiger partial charge on any atom is -0.206 e. The fourth-order valence-electron chi connectivity index (χ4n) is 2.30. The van der Waals surface area contributed by atoms with E-state index in [0.717, 1.165) is 31.0 Å². The molecule has 3 nitrogen and oxygen atoms in total. The lowest BCUT2D eigenvalue weighted by molar-refractivity contribution is 0.370. The van der Waals surface area contributed by atoms with E-state index in [1.807, 2.05) is 0 Å². The Bertz CT molecular complexity index is 501. The SMILES string of the molecule is O=S(=O)(c1sccc1Br)N1CCCC1CCCBr. The monoisotopic (exact) mass is 415 g/mol. The van der Waals surface area contributed by atoms with Gasteiger partial charge in [-0.15, -0.1) is 11.3 Å². The lowest BCUT2D eigenvalue weighted by Gasteiger charge is -2.23. The van der Waals surface area contributed by atoms with E-state index in [9.17, 15) is 8.42 Å². The van der Waals surface area contributed by atoms with E-state index in [1.165, 1.54) is 11.3 Å². The quantitative estimate of drug-likeness (QED) is 0.683. The zero-order chi connectivity index (χ0) is 13.2. The van der Waals surface area contributed by atoms with Crippen LogP contribution in [-0.2, 0) is 10.0 Å².